The molecule has 0 bridgehead atoms. The molecule has 2 saturated heterocycles. The molecule has 6 aromatic heterocycles. The SMILES string of the molecule is CCC[C@H](N)c1cccc(-c2cc(C3CCCO3)c3cnn(-c4cccc(CO)n4)c3c2)n1.CCC[C@H](N[S+](O)C(C)(C)C)c1cccc(-c2cc(C3CCCO3)c3cnn(-c4cccc(CO[Si](C)(C)C(C)(C)C)n4)c3c2)n1. The predicted molar refractivity (Wildman–Crippen MR) is 320 cm³/mol. The molecule has 2 fully saturated rings. The van der Waals surface area contributed by atoms with Crippen LogP contribution in [0, 0.1) is 0 Å². The molecule has 8 heterocycles. The minimum Gasteiger partial charge on any atom is -0.411 e. The molecule has 0 saturated carbocycles. The van der Waals surface area contributed by atoms with Crippen molar-refractivity contribution in [3.05, 3.63) is 143 Å². The average Bonchev–Trinajstić information content (AvgIpc) is 4.49. The number of hydrogen-bond donors (Lipinski definition) is 4. The molecule has 0 spiro atoms. The summed E-state index contributed by atoms with van der Waals surface area (Å²) in [6, 6.07) is 32.4. The Morgan fingerprint density at radius 3 is 1.70 bits per heavy atom. The molecular formula is C62H81N10O5SSi+. The summed E-state index contributed by atoms with van der Waals surface area (Å²) >= 11 is -0.959. The fourth-order valence-electron chi connectivity index (χ4n) is 9.91. The van der Waals surface area contributed by atoms with Crippen LogP contribution in [-0.2, 0) is 38.5 Å². The van der Waals surface area contributed by atoms with Crippen molar-refractivity contribution in [2.45, 2.75) is 167 Å². The number of aliphatic hydroxyl groups excluding tert-OH is 1. The number of hydrogen-bond acceptors (Lipinski definition) is 13. The third-order valence-electron chi connectivity index (χ3n) is 15.4. The van der Waals surface area contributed by atoms with E-state index in [4.69, 9.17) is 39.7 Å². The van der Waals surface area contributed by atoms with Crippen LogP contribution < -0.4 is 10.5 Å². The number of aromatic nitrogens is 8. The molecule has 5 N–H and O–H groups in total. The van der Waals surface area contributed by atoms with Gasteiger partial charge in [0.05, 0.1) is 89.1 Å². The number of pyridine rings is 4. The van der Waals surface area contributed by atoms with Gasteiger partial charge in [-0.3, -0.25) is 9.97 Å². The third kappa shape index (κ3) is 13.4. The topological polar surface area (TPSA) is 193 Å². The zero-order valence-electron chi connectivity index (χ0n) is 47.9. The lowest BCUT2D eigenvalue weighted by Gasteiger charge is -2.36. The Balaban J connectivity index is 0.000000202. The van der Waals surface area contributed by atoms with Gasteiger partial charge in [0.1, 0.15) is 0 Å². The number of fused-ring (bicyclic) bond motifs is 2. The van der Waals surface area contributed by atoms with E-state index in [1.807, 2.05) is 91.1 Å². The van der Waals surface area contributed by atoms with Gasteiger partial charge in [0.2, 0.25) is 11.4 Å². The highest BCUT2D eigenvalue weighted by Crippen LogP contribution is 2.41. The molecule has 418 valence electrons. The monoisotopic (exact) mass is 1110 g/mol. The van der Waals surface area contributed by atoms with Gasteiger partial charge < -0.3 is 24.7 Å². The average molecular weight is 1110 g/mol. The number of ether oxygens (including phenoxy) is 2. The van der Waals surface area contributed by atoms with Crippen molar-refractivity contribution in [3.63, 3.8) is 0 Å². The molecule has 0 amide bonds. The Kier molecular flexibility index (Phi) is 18.3. The highest BCUT2D eigenvalue weighted by atomic mass is 32.2. The number of nitrogens with two attached hydrogens (primary N) is 1. The van der Waals surface area contributed by atoms with E-state index in [1.165, 1.54) is 0 Å². The summed E-state index contributed by atoms with van der Waals surface area (Å²) < 4.78 is 36.6. The Morgan fingerprint density at radius 1 is 0.696 bits per heavy atom. The quantitative estimate of drug-likeness (QED) is 0.0469. The van der Waals surface area contributed by atoms with Crippen molar-refractivity contribution in [2.24, 2.45) is 5.73 Å². The lowest BCUT2D eigenvalue weighted by molar-refractivity contribution is 0.113. The van der Waals surface area contributed by atoms with E-state index in [2.05, 4.69) is 105 Å². The van der Waals surface area contributed by atoms with Crippen LogP contribution in [0.2, 0.25) is 18.1 Å². The first-order chi connectivity index (χ1) is 37.8. The molecule has 2 aliphatic rings. The highest BCUT2D eigenvalue weighted by molar-refractivity contribution is 7.90. The molecule has 0 radical (unpaired) electrons. The second-order valence-corrected chi connectivity index (χ2v) is 30.3. The molecule has 8 aromatic rings. The minimum atomic E-state index is -1.92. The van der Waals surface area contributed by atoms with E-state index >= 15 is 0 Å². The van der Waals surface area contributed by atoms with Gasteiger partial charge in [-0.25, -0.2) is 19.3 Å². The molecule has 2 aliphatic heterocycles. The van der Waals surface area contributed by atoms with E-state index in [0.29, 0.717) is 18.1 Å². The van der Waals surface area contributed by atoms with Crippen molar-refractivity contribution in [2.75, 3.05) is 13.2 Å². The second-order valence-electron chi connectivity index (χ2n) is 23.4. The third-order valence-corrected chi connectivity index (χ3v) is 21.6. The summed E-state index contributed by atoms with van der Waals surface area (Å²) in [5.74, 6) is 1.42. The van der Waals surface area contributed by atoms with E-state index < -0.39 is 19.7 Å². The lowest BCUT2D eigenvalue weighted by Crippen LogP contribution is -2.41. The molecule has 15 nitrogen and oxygen atoms in total. The first-order valence-electron chi connectivity index (χ1n) is 28.2. The van der Waals surface area contributed by atoms with Gasteiger partial charge in [-0.05, 0) is 161 Å². The van der Waals surface area contributed by atoms with Gasteiger partial charge in [0, 0.05) is 41.2 Å². The van der Waals surface area contributed by atoms with Crippen LogP contribution in [0.5, 0.6) is 0 Å². The Morgan fingerprint density at radius 2 is 1.20 bits per heavy atom. The summed E-state index contributed by atoms with van der Waals surface area (Å²) in [6.45, 7) is 23.6. The van der Waals surface area contributed by atoms with Gasteiger partial charge in [-0.15, -0.1) is 0 Å². The number of nitrogens with zero attached hydrogens (tertiary/aromatic N) is 8. The van der Waals surface area contributed by atoms with Crippen molar-refractivity contribution in [3.8, 4) is 34.2 Å². The van der Waals surface area contributed by atoms with Crippen LogP contribution in [-0.4, -0.2) is 75.4 Å². The van der Waals surface area contributed by atoms with Crippen LogP contribution in [0.3, 0.4) is 0 Å². The van der Waals surface area contributed by atoms with Crippen LogP contribution >= 0.6 is 0 Å². The van der Waals surface area contributed by atoms with Crippen molar-refractivity contribution >= 4 is 41.5 Å². The van der Waals surface area contributed by atoms with Crippen LogP contribution in [0.15, 0.2) is 109 Å². The van der Waals surface area contributed by atoms with Crippen LogP contribution in [0.1, 0.15) is 165 Å². The normalized spacial score (nSPS) is 17.3. The lowest BCUT2D eigenvalue weighted by atomic mass is 9.97. The predicted octanol–water partition coefficient (Wildman–Crippen LogP) is 13.7. The molecule has 0 aliphatic carbocycles. The van der Waals surface area contributed by atoms with E-state index in [1.54, 1.807) is 6.07 Å². The molecule has 2 aromatic carbocycles. The fraction of sp³-hybridized carbons (Fsp3) is 0.452. The maximum absolute atomic E-state index is 10.9. The maximum atomic E-state index is 10.9. The summed E-state index contributed by atoms with van der Waals surface area (Å²) in [7, 11) is -1.92. The first-order valence-corrected chi connectivity index (χ1v) is 32.3. The smallest absolute Gasteiger partial charge is 0.240 e. The Labute approximate surface area is 470 Å². The summed E-state index contributed by atoms with van der Waals surface area (Å²) in [5, 5.41) is 21.3. The first kappa shape index (κ1) is 57.9. The van der Waals surface area contributed by atoms with Crippen LogP contribution in [0.25, 0.3) is 56.0 Å². The number of benzene rings is 2. The van der Waals surface area contributed by atoms with Gasteiger partial charge in [-0.2, -0.15) is 14.8 Å². The van der Waals surface area contributed by atoms with E-state index in [0.717, 1.165) is 143 Å². The molecular weight excluding hydrogens is 1020 g/mol. The maximum Gasteiger partial charge on any atom is 0.240 e. The van der Waals surface area contributed by atoms with Gasteiger partial charge in [-0.1, -0.05) is 76.4 Å². The Hall–Kier alpha value is -5.73. The summed E-state index contributed by atoms with van der Waals surface area (Å²) in [4.78, 5) is 19.6. The van der Waals surface area contributed by atoms with Crippen LogP contribution in [0.4, 0.5) is 0 Å². The number of rotatable bonds is 18. The van der Waals surface area contributed by atoms with E-state index in [-0.39, 0.29) is 40.7 Å². The molecule has 3 unspecified atom stereocenters. The Bertz CT molecular complexity index is 3340. The van der Waals surface area contributed by atoms with Crippen molar-refractivity contribution in [1.29, 1.82) is 0 Å². The standard InChI is InChI=1S/C36H52N5O3SSi.C26H29N5O2/c1-10-14-31(40-45(42)35(2,3)4)30-17-12-16-29(39-30)25-21-27(33-18-13-20-43-33)28-23-37-41(32(28)22-25)34-19-11-15-26(38-34)24-44-46(8,9)36(5,6)7;1-2-6-21(27)23-9-4-8-22(30-23)17-13-19(25-10-5-12-33-25)20-15-28-31(24(20)14-17)26-11-3-7-18(16-32)29-26/h11-12,15-17,19,21-23,31,33,40,42H,10,13-14,18,20,24H2,1-9H3;3-4,7-9,11,13-15,21,25,32H,2,5-6,10,12,16,27H2,1H3/q+1;/t31-,33?,45?;21-,25?/m00/s1. The zero-order chi connectivity index (χ0) is 56.1. The number of aliphatic hydroxyl groups is 1. The molecule has 17 heteroatoms. The molecule has 10 rings (SSSR count). The summed E-state index contributed by atoms with van der Waals surface area (Å²) in [6.07, 6.45) is 11.7. The van der Waals surface area contributed by atoms with E-state index in [9.17, 15) is 9.66 Å². The highest BCUT2D eigenvalue weighted by Gasteiger charge is 2.38. The zero-order valence-corrected chi connectivity index (χ0v) is 49.7. The summed E-state index contributed by atoms with van der Waals surface area (Å²) in [5.41, 5.74) is 17.6. The fourth-order valence-corrected chi connectivity index (χ4v) is 11.7. The number of nitrogens with one attached hydrogen (secondary N) is 1. The molecule has 79 heavy (non-hydrogen) atoms. The second kappa shape index (κ2) is 25.0. The van der Waals surface area contributed by atoms with Gasteiger partial charge in [0.25, 0.3) is 0 Å². The molecule has 5 atom stereocenters. The minimum absolute atomic E-state index is 0.0122. The van der Waals surface area contributed by atoms with Gasteiger partial charge in [0.15, 0.2) is 24.7 Å². The van der Waals surface area contributed by atoms with Gasteiger partial charge >= 0.3 is 0 Å². The van der Waals surface area contributed by atoms with Crippen molar-refractivity contribution < 1.29 is 23.6 Å². The van der Waals surface area contributed by atoms with Crippen molar-refractivity contribution in [1.82, 2.24) is 44.2 Å². The largest absolute Gasteiger partial charge is 0.411 e.